The van der Waals surface area contributed by atoms with Crippen molar-refractivity contribution >= 4 is 28.2 Å². The van der Waals surface area contributed by atoms with Gasteiger partial charge in [0.05, 0.1) is 5.52 Å². The Labute approximate surface area is 149 Å². The number of hydrogen-bond acceptors (Lipinski definition) is 7. The molecular weight excluding hydrogens is 328 g/mol. The number of fused-ring (bicyclic) bond motifs is 2. The summed E-state index contributed by atoms with van der Waals surface area (Å²) in [6.45, 7) is 4.72. The molecular formula is C18H18N8. The Balaban J connectivity index is 1.24. The molecule has 1 aromatic carbocycles. The number of nitrogens with one attached hydrogen (secondary N) is 1. The maximum atomic E-state index is 4.63. The van der Waals surface area contributed by atoms with Gasteiger partial charge in [-0.15, -0.1) is 15.3 Å². The zero-order valence-corrected chi connectivity index (χ0v) is 14.4. The summed E-state index contributed by atoms with van der Waals surface area (Å²) in [5.41, 5.74) is 1.74. The summed E-state index contributed by atoms with van der Waals surface area (Å²) >= 11 is 0. The Bertz CT molecular complexity index is 1080. The third-order valence-electron chi connectivity index (χ3n) is 4.79. The van der Waals surface area contributed by atoms with Crippen molar-refractivity contribution in [1.82, 2.24) is 29.8 Å². The molecule has 0 bridgehead atoms. The van der Waals surface area contributed by atoms with Crippen LogP contribution in [-0.4, -0.2) is 49.4 Å². The predicted octanol–water partition coefficient (Wildman–Crippen LogP) is 1.92. The standard InChI is InChI=1S/C18H18N8/c1-12-22-23-16-6-7-17(24-26(12)16)25-9-13(10-25)8-19-18-14-4-2-3-5-15(14)20-11-21-18/h2-7,11,13H,8-10H2,1H3,(H,19,20,21). The first kappa shape index (κ1) is 15.0. The molecule has 8 nitrogen and oxygen atoms in total. The van der Waals surface area contributed by atoms with Gasteiger partial charge >= 0.3 is 0 Å². The fraction of sp³-hybridized carbons (Fsp3) is 0.278. The highest BCUT2D eigenvalue weighted by molar-refractivity contribution is 5.88. The monoisotopic (exact) mass is 346 g/mol. The number of anilines is 2. The lowest BCUT2D eigenvalue weighted by atomic mass is 10.0. The Kier molecular flexibility index (Phi) is 3.41. The van der Waals surface area contributed by atoms with E-state index in [9.17, 15) is 0 Å². The minimum absolute atomic E-state index is 0.559. The van der Waals surface area contributed by atoms with E-state index in [0.29, 0.717) is 5.92 Å². The molecule has 0 aliphatic carbocycles. The maximum absolute atomic E-state index is 4.63. The molecule has 1 aliphatic rings. The van der Waals surface area contributed by atoms with Gasteiger partial charge in [-0.1, -0.05) is 12.1 Å². The first-order chi connectivity index (χ1) is 12.8. The van der Waals surface area contributed by atoms with E-state index >= 15 is 0 Å². The van der Waals surface area contributed by atoms with Crippen LogP contribution < -0.4 is 10.2 Å². The Morgan fingerprint density at radius 2 is 1.96 bits per heavy atom. The number of benzene rings is 1. The second kappa shape index (κ2) is 5.91. The fourth-order valence-electron chi connectivity index (χ4n) is 3.33. The Morgan fingerprint density at radius 3 is 2.88 bits per heavy atom. The Morgan fingerprint density at radius 1 is 1.08 bits per heavy atom. The van der Waals surface area contributed by atoms with E-state index in [1.54, 1.807) is 10.8 Å². The van der Waals surface area contributed by atoms with Crippen LogP contribution in [0.1, 0.15) is 5.82 Å². The van der Waals surface area contributed by atoms with Crippen molar-refractivity contribution in [3.63, 3.8) is 0 Å². The summed E-state index contributed by atoms with van der Waals surface area (Å²) < 4.78 is 1.79. The van der Waals surface area contributed by atoms with E-state index in [4.69, 9.17) is 0 Å². The van der Waals surface area contributed by atoms with Crippen molar-refractivity contribution in [1.29, 1.82) is 0 Å². The molecule has 4 heterocycles. The van der Waals surface area contributed by atoms with Gasteiger partial charge in [-0.3, -0.25) is 0 Å². The fourth-order valence-corrected chi connectivity index (χ4v) is 3.33. The van der Waals surface area contributed by atoms with Crippen molar-refractivity contribution in [2.24, 2.45) is 5.92 Å². The number of hydrogen-bond donors (Lipinski definition) is 1. The number of nitrogens with zero attached hydrogens (tertiary/aromatic N) is 7. The minimum Gasteiger partial charge on any atom is -0.369 e. The van der Waals surface area contributed by atoms with E-state index in [0.717, 1.165) is 53.6 Å². The molecule has 5 rings (SSSR count). The summed E-state index contributed by atoms with van der Waals surface area (Å²) in [4.78, 5) is 11.0. The van der Waals surface area contributed by atoms with E-state index < -0.39 is 0 Å². The van der Waals surface area contributed by atoms with Gasteiger partial charge in [0, 0.05) is 30.9 Å². The van der Waals surface area contributed by atoms with Crippen molar-refractivity contribution in [3.05, 3.63) is 48.5 Å². The minimum atomic E-state index is 0.559. The molecule has 1 N–H and O–H groups in total. The van der Waals surface area contributed by atoms with Crippen molar-refractivity contribution in [2.45, 2.75) is 6.92 Å². The van der Waals surface area contributed by atoms with Gasteiger partial charge in [-0.2, -0.15) is 4.52 Å². The van der Waals surface area contributed by atoms with E-state index in [2.05, 4.69) is 35.5 Å². The summed E-state index contributed by atoms with van der Waals surface area (Å²) in [6.07, 6.45) is 1.61. The average molecular weight is 346 g/mol. The third-order valence-corrected chi connectivity index (χ3v) is 4.79. The number of rotatable bonds is 4. The number of aryl methyl sites for hydroxylation is 1. The van der Waals surface area contributed by atoms with E-state index in [1.165, 1.54) is 0 Å². The second-order valence-electron chi connectivity index (χ2n) is 6.60. The molecule has 0 atom stereocenters. The molecule has 3 aromatic heterocycles. The van der Waals surface area contributed by atoms with Crippen molar-refractivity contribution in [2.75, 3.05) is 29.9 Å². The quantitative estimate of drug-likeness (QED) is 0.604. The highest BCUT2D eigenvalue weighted by Gasteiger charge is 2.28. The lowest BCUT2D eigenvalue weighted by Gasteiger charge is -2.40. The summed E-state index contributed by atoms with van der Waals surface area (Å²) in [5, 5.41) is 17.3. The molecule has 0 spiro atoms. The summed E-state index contributed by atoms with van der Waals surface area (Å²) in [5.74, 6) is 3.22. The van der Waals surface area contributed by atoms with Gasteiger partial charge in [-0.25, -0.2) is 9.97 Å². The highest BCUT2D eigenvalue weighted by Crippen LogP contribution is 2.24. The molecule has 0 radical (unpaired) electrons. The van der Waals surface area contributed by atoms with Crippen molar-refractivity contribution < 1.29 is 0 Å². The van der Waals surface area contributed by atoms with Gasteiger partial charge in [0.2, 0.25) is 0 Å². The first-order valence-electron chi connectivity index (χ1n) is 8.65. The number of para-hydroxylation sites is 1. The molecule has 0 amide bonds. The smallest absolute Gasteiger partial charge is 0.178 e. The summed E-state index contributed by atoms with van der Waals surface area (Å²) in [6, 6.07) is 12.0. The van der Waals surface area contributed by atoms with E-state index in [1.807, 2.05) is 43.3 Å². The molecule has 0 saturated carbocycles. The molecule has 1 saturated heterocycles. The maximum Gasteiger partial charge on any atom is 0.178 e. The first-order valence-corrected chi connectivity index (χ1v) is 8.65. The lowest BCUT2D eigenvalue weighted by molar-refractivity contribution is 0.424. The molecule has 26 heavy (non-hydrogen) atoms. The topological polar surface area (TPSA) is 84.1 Å². The van der Waals surface area contributed by atoms with Gasteiger partial charge in [-0.05, 0) is 31.2 Å². The summed E-state index contributed by atoms with van der Waals surface area (Å²) in [7, 11) is 0. The zero-order chi connectivity index (χ0) is 17.5. The van der Waals surface area contributed by atoms with Crippen LogP contribution in [0.3, 0.4) is 0 Å². The number of aromatic nitrogens is 6. The third kappa shape index (κ3) is 2.50. The van der Waals surface area contributed by atoms with Crippen LogP contribution >= 0.6 is 0 Å². The largest absolute Gasteiger partial charge is 0.369 e. The molecule has 0 unspecified atom stereocenters. The Hall–Kier alpha value is -3.29. The van der Waals surface area contributed by atoms with Crippen LogP contribution in [0.15, 0.2) is 42.7 Å². The molecule has 1 fully saturated rings. The van der Waals surface area contributed by atoms with Crippen molar-refractivity contribution in [3.8, 4) is 0 Å². The van der Waals surface area contributed by atoms with Gasteiger partial charge in [0.15, 0.2) is 11.5 Å². The van der Waals surface area contributed by atoms with Crippen LogP contribution in [0.25, 0.3) is 16.6 Å². The zero-order valence-electron chi connectivity index (χ0n) is 14.4. The lowest BCUT2D eigenvalue weighted by Crippen LogP contribution is -2.50. The normalized spacial score (nSPS) is 14.7. The molecule has 130 valence electrons. The molecule has 1 aliphatic heterocycles. The van der Waals surface area contributed by atoms with Gasteiger partial charge in [0.25, 0.3) is 0 Å². The SMILES string of the molecule is Cc1nnc2ccc(N3CC(CNc4ncnc5ccccc45)C3)nn12. The van der Waals surface area contributed by atoms with Crippen LogP contribution in [-0.2, 0) is 0 Å². The van der Waals surface area contributed by atoms with E-state index in [-0.39, 0.29) is 0 Å². The van der Waals surface area contributed by atoms with Gasteiger partial charge < -0.3 is 10.2 Å². The van der Waals surface area contributed by atoms with Gasteiger partial charge in [0.1, 0.15) is 18.0 Å². The van der Waals surface area contributed by atoms with Crippen LogP contribution in [0.4, 0.5) is 11.6 Å². The van der Waals surface area contributed by atoms with Crippen LogP contribution in [0.5, 0.6) is 0 Å². The average Bonchev–Trinajstić information content (AvgIpc) is 3.01. The predicted molar refractivity (Wildman–Crippen MR) is 99.2 cm³/mol. The molecule has 4 aromatic rings. The van der Waals surface area contributed by atoms with Crippen LogP contribution in [0, 0.1) is 12.8 Å². The molecule has 8 heteroatoms. The second-order valence-corrected chi connectivity index (χ2v) is 6.60. The highest BCUT2D eigenvalue weighted by atomic mass is 15.4. The van der Waals surface area contributed by atoms with Crippen LogP contribution in [0.2, 0.25) is 0 Å².